The molecular weight excluding hydrogens is 264 g/mol. The van der Waals surface area contributed by atoms with E-state index in [0.29, 0.717) is 32.6 Å². The van der Waals surface area contributed by atoms with Crippen molar-refractivity contribution in [2.75, 3.05) is 38.3 Å². The van der Waals surface area contributed by atoms with Crippen LogP contribution >= 0.6 is 0 Å². The molecule has 21 heavy (non-hydrogen) atoms. The Balaban J connectivity index is 2.02. The number of rotatable bonds is 7. The molecule has 1 aliphatic heterocycles. The van der Waals surface area contributed by atoms with E-state index in [0.717, 1.165) is 19.5 Å². The largest absolute Gasteiger partial charge is 0.388 e. The summed E-state index contributed by atoms with van der Waals surface area (Å²) in [5.74, 6) is 0. The quantitative estimate of drug-likeness (QED) is 0.756. The van der Waals surface area contributed by atoms with Crippen molar-refractivity contribution in [3.05, 3.63) is 29.8 Å². The number of para-hydroxylation sites is 1. The Kier molecular flexibility index (Phi) is 6.03. The molecule has 0 atom stereocenters. The van der Waals surface area contributed by atoms with E-state index in [9.17, 15) is 5.11 Å². The van der Waals surface area contributed by atoms with Crippen LogP contribution in [0.5, 0.6) is 0 Å². The monoisotopic (exact) mass is 292 g/mol. The first-order chi connectivity index (χ1) is 10.1. The minimum atomic E-state index is -0.628. The lowest BCUT2D eigenvalue weighted by Crippen LogP contribution is -2.46. The average molecular weight is 292 g/mol. The third-order valence-electron chi connectivity index (χ3n) is 4.10. The zero-order valence-electron chi connectivity index (χ0n) is 13.3. The number of hydrogen-bond donors (Lipinski definition) is 2. The first kappa shape index (κ1) is 16.3. The number of ether oxygens (including phenoxy) is 1. The summed E-state index contributed by atoms with van der Waals surface area (Å²) < 4.78 is 5.35. The molecule has 0 saturated carbocycles. The first-order valence-electron chi connectivity index (χ1n) is 7.94. The molecular formula is C17H28N2O2. The molecule has 0 unspecified atom stereocenters. The standard InChI is InChI=1S/C17H28N2O2/c1-3-10-18-13-15-6-4-5-7-16(15)19(2)14-17(20)8-11-21-12-9-17/h4-7,18,20H,3,8-14H2,1-2H3. The Bertz CT molecular complexity index is 431. The summed E-state index contributed by atoms with van der Waals surface area (Å²) in [5.41, 5.74) is 1.85. The summed E-state index contributed by atoms with van der Waals surface area (Å²) in [5, 5.41) is 14.1. The molecule has 0 radical (unpaired) electrons. The lowest BCUT2D eigenvalue weighted by atomic mass is 9.93. The van der Waals surface area contributed by atoms with Gasteiger partial charge in [-0.15, -0.1) is 0 Å². The van der Waals surface area contributed by atoms with Crippen LogP contribution in [0.1, 0.15) is 31.7 Å². The van der Waals surface area contributed by atoms with E-state index in [1.807, 2.05) is 0 Å². The number of hydrogen-bond acceptors (Lipinski definition) is 4. The minimum absolute atomic E-state index is 0.628. The highest BCUT2D eigenvalue weighted by molar-refractivity contribution is 5.53. The van der Waals surface area contributed by atoms with Crippen molar-refractivity contribution in [2.45, 2.75) is 38.3 Å². The topological polar surface area (TPSA) is 44.7 Å². The zero-order chi connectivity index (χ0) is 15.1. The first-order valence-corrected chi connectivity index (χ1v) is 7.94. The van der Waals surface area contributed by atoms with Gasteiger partial charge >= 0.3 is 0 Å². The molecule has 1 aliphatic rings. The van der Waals surface area contributed by atoms with Crippen LogP contribution in [-0.4, -0.2) is 44.1 Å². The molecule has 1 heterocycles. The molecule has 4 heteroatoms. The van der Waals surface area contributed by atoms with Gasteiger partial charge in [0.15, 0.2) is 0 Å². The Morgan fingerprint density at radius 2 is 2.00 bits per heavy atom. The highest BCUT2D eigenvalue weighted by atomic mass is 16.5. The van der Waals surface area contributed by atoms with Gasteiger partial charge in [-0.05, 0) is 24.6 Å². The van der Waals surface area contributed by atoms with Crippen molar-refractivity contribution in [1.29, 1.82) is 0 Å². The van der Waals surface area contributed by atoms with E-state index in [-0.39, 0.29) is 0 Å². The highest BCUT2D eigenvalue weighted by Gasteiger charge is 2.31. The number of nitrogens with zero attached hydrogens (tertiary/aromatic N) is 1. The van der Waals surface area contributed by atoms with Crippen LogP contribution in [0.15, 0.2) is 24.3 Å². The van der Waals surface area contributed by atoms with E-state index < -0.39 is 5.60 Å². The zero-order valence-corrected chi connectivity index (χ0v) is 13.3. The molecule has 118 valence electrons. The summed E-state index contributed by atoms with van der Waals surface area (Å²) in [4.78, 5) is 2.17. The Morgan fingerprint density at radius 3 is 2.71 bits per heavy atom. The molecule has 0 amide bonds. The van der Waals surface area contributed by atoms with Gasteiger partial charge in [-0.1, -0.05) is 25.1 Å². The van der Waals surface area contributed by atoms with Crippen molar-refractivity contribution in [3.63, 3.8) is 0 Å². The average Bonchev–Trinajstić information content (AvgIpc) is 2.48. The number of aliphatic hydroxyl groups is 1. The molecule has 2 N–H and O–H groups in total. The summed E-state index contributed by atoms with van der Waals surface area (Å²) in [6.45, 7) is 6.04. The smallest absolute Gasteiger partial charge is 0.0865 e. The van der Waals surface area contributed by atoms with E-state index in [2.05, 4.69) is 48.5 Å². The van der Waals surface area contributed by atoms with Crippen molar-refractivity contribution in [1.82, 2.24) is 5.32 Å². The highest BCUT2D eigenvalue weighted by Crippen LogP contribution is 2.26. The van der Waals surface area contributed by atoms with E-state index in [4.69, 9.17) is 4.74 Å². The SMILES string of the molecule is CCCNCc1ccccc1N(C)CC1(O)CCOCC1. The van der Waals surface area contributed by atoms with E-state index in [1.54, 1.807) is 0 Å². The van der Waals surface area contributed by atoms with Gasteiger partial charge in [0, 0.05) is 51.9 Å². The van der Waals surface area contributed by atoms with Crippen LogP contribution in [0.25, 0.3) is 0 Å². The normalized spacial score (nSPS) is 17.7. The third kappa shape index (κ3) is 4.70. The van der Waals surface area contributed by atoms with Crippen LogP contribution in [-0.2, 0) is 11.3 Å². The fourth-order valence-electron chi connectivity index (χ4n) is 2.87. The molecule has 1 aromatic rings. The molecule has 1 aromatic carbocycles. The summed E-state index contributed by atoms with van der Waals surface area (Å²) in [7, 11) is 2.06. The van der Waals surface area contributed by atoms with Gasteiger partial charge in [0.2, 0.25) is 0 Å². The Labute approximate surface area is 128 Å². The van der Waals surface area contributed by atoms with Crippen molar-refractivity contribution >= 4 is 5.69 Å². The fourth-order valence-corrected chi connectivity index (χ4v) is 2.87. The van der Waals surface area contributed by atoms with Gasteiger partial charge in [0.1, 0.15) is 0 Å². The summed E-state index contributed by atoms with van der Waals surface area (Å²) in [6.07, 6.45) is 2.57. The second-order valence-corrected chi connectivity index (χ2v) is 6.00. The van der Waals surface area contributed by atoms with E-state index >= 15 is 0 Å². The number of likely N-dealkylation sites (N-methyl/N-ethyl adjacent to an activating group) is 1. The van der Waals surface area contributed by atoms with Gasteiger partial charge in [0.25, 0.3) is 0 Å². The Morgan fingerprint density at radius 1 is 1.29 bits per heavy atom. The predicted molar refractivity (Wildman–Crippen MR) is 86.7 cm³/mol. The molecule has 4 nitrogen and oxygen atoms in total. The van der Waals surface area contributed by atoms with Crippen LogP contribution in [0.4, 0.5) is 5.69 Å². The number of benzene rings is 1. The van der Waals surface area contributed by atoms with Gasteiger partial charge in [-0.3, -0.25) is 0 Å². The fraction of sp³-hybridized carbons (Fsp3) is 0.647. The Hall–Kier alpha value is -1.10. The minimum Gasteiger partial charge on any atom is -0.388 e. The molecule has 0 spiro atoms. The molecule has 1 fully saturated rings. The maximum Gasteiger partial charge on any atom is 0.0865 e. The molecule has 1 saturated heterocycles. The van der Waals surface area contributed by atoms with Crippen molar-refractivity contribution in [3.8, 4) is 0 Å². The summed E-state index contributed by atoms with van der Waals surface area (Å²) in [6, 6.07) is 8.42. The second kappa shape index (κ2) is 7.78. The maximum absolute atomic E-state index is 10.7. The molecule has 0 bridgehead atoms. The van der Waals surface area contributed by atoms with Gasteiger partial charge in [-0.25, -0.2) is 0 Å². The van der Waals surface area contributed by atoms with Crippen molar-refractivity contribution in [2.24, 2.45) is 0 Å². The molecule has 2 rings (SSSR count). The van der Waals surface area contributed by atoms with Gasteiger partial charge in [0.05, 0.1) is 5.60 Å². The number of anilines is 1. The molecule has 0 aliphatic carbocycles. The molecule has 0 aromatic heterocycles. The van der Waals surface area contributed by atoms with Gasteiger partial charge < -0.3 is 20.1 Å². The van der Waals surface area contributed by atoms with Crippen LogP contribution in [0.2, 0.25) is 0 Å². The second-order valence-electron chi connectivity index (χ2n) is 6.00. The summed E-state index contributed by atoms with van der Waals surface area (Å²) >= 11 is 0. The predicted octanol–water partition coefficient (Wildman–Crippen LogP) is 2.16. The number of nitrogens with one attached hydrogen (secondary N) is 1. The van der Waals surface area contributed by atoms with E-state index in [1.165, 1.54) is 11.3 Å². The maximum atomic E-state index is 10.7. The lowest BCUT2D eigenvalue weighted by molar-refractivity contribution is -0.0572. The van der Waals surface area contributed by atoms with Crippen LogP contribution in [0.3, 0.4) is 0 Å². The van der Waals surface area contributed by atoms with Crippen LogP contribution < -0.4 is 10.2 Å². The van der Waals surface area contributed by atoms with Crippen molar-refractivity contribution < 1.29 is 9.84 Å². The lowest BCUT2D eigenvalue weighted by Gasteiger charge is -2.36. The third-order valence-corrected chi connectivity index (χ3v) is 4.10. The van der Waals surface area contributed by atoms with Crippen LogP contribution in [0, 0.1) is 0 Å². The van der Waals surface area contributed by atoms with Gasteiger partial charge in [-0.2, -0.15) is 0 Å².